The Balaban J connectivity index is 1.37. The van der Waals surface area contributed by atoms with Gasteiger partial charge in [0.25, 0.3) is 0 Å². The molecule has 0 saturated carbocycles. The molecule has 0 aliphatic carbocycles. The van der Waals surface area contributed by atoms with Gasteiger partial charge in [0.05, 0.1) is 39.0 Å². The van der Waals surface area contributed by atoms with E-state index in [2.05, 4.69) is 35.6 Å². The number of carbonyl (C=O) groups excluding carboxylic acids is 1. The van der Waals surface area contributed by atoms with Gasteiger partial charge >= 0.3 is 5.97 Å². The lowest BCUT2D eigenvalue weighted by Gasteiger charge is -2.22. The van der Waals surface area contributed by atoms with Gasteiger partial charge in [-0.15, -0.1) is 0 Å². The largest absolute Gasteiger partial charge is 0.497 e. The molecule has 0 saturated heterocycles. The van der Waals surface area contributed by atoms with Crippen LogP contribution >= 0.6 is 0 Å². The molecule has 0 amide bonds. The van der Waals surface area contributed by atoms with Crippen molar-refractivity contribution in [2.45, 2.75) is 25.8 Å². The number of hydrogen-bond donors (Lipinski definition) is 1. The quantitative estimate of drug-likeness (QED) is 0.114. The average molecular weight is 566 g/mol. The molecule has 1 aromatic heterocycles. The van der Waals surface area contributed by atoms with Gasteiger partial charge in [-0.05, 0) is 85.1 Å². The van der Waals surface area contributed by atoms with Crippen LogP contribution in [0.5, 0.6) is 17.2 Å². The zero-order valence-corrected chi connectivity index (χ0v) is 24.1. The van der Waals surface area contributed by atoms with Crippen LogP contribution in [0, 0.1) is 0 Å². The third kappa shape index (κ3) is 6.86. The minimum absolute atomic E-state index is 0.102. The van der Waals surface area contributed by atoms with Gasteiger partial charge in [0.2, 0.25) is 0 Å². The Morgan fingerprint density at radius 3 is 2.14 bits per heavy atom. The Morgan fingerprint density at radius 1 is 0.833 bits per heavy atom. The van der Waals surface area contributed by atoms with Crippen LogP contribution in [0.3, 0.4) is 0 Å². The number of hydrogen-bond acceptors (Lipinski definition) is 7. The van der Waals surface area contributed by atoms with Crippen LogP contribution in [-0.4, -0.2) is 33.4 Å². The lowest BCUT2D eigenvalue weighted by Crippen LogP contribution is -2.12. The molecular weight excluding hydrogens is 530 g/mol. The van der Waals surface area contributed by atoms with Gasteiger partial charge in [-0.3, -0.25) is 4.79 Å². The number of furan rings is 1. The Morgan fingerprint density at radius 2 is 1.50 bits per heavy atom. The molecule has 7 nitrogen and oxygen atoms in total. The number of ether oxygens (including phenoxy) is 4. The molecule has 0 spiro atoms. The molecule has 0 atom stereocenters. The van der Waals surface area contributed by atoms with Crippen molar-refractivity contribution in [1.29, 1.82) is 0 Å². The van der Waals surface area contributed by atoms with Crippen LogP contribution in [-0.2, 0) is 9.53 Å². The normalized spacial score (nSPS) is 11.0. The topological polar surface area (TPSA) is 79.2 Å². The van der Waals surface area contributed by atoms with Crippen molar-refractivity contribution in [3.63, 3.8) is 0 Å². The highest BCUT2D eigenvalue weighted by molar-refractivity contribution is 5.87. The van der Waals surface area contributed by atoms with Crippen molar-refractivity contribution >= 4 is 22.6 Å². The first-order valence-electron chi connectivity index (χ1n) is 14.0. The van der Waals surface area contributed by atoms with Crippen molar-refractivity contribution in [3.8, 4) is 28.6 Å². The number of esters is 1. The van der Waals surface area contributed by atoms with Crippen LogP contribution in [0.25, 0.3) is 22.3 Å². The highest BCUT2D eigenvalue weighted by Gasteiger charge is 2.17. The molecule has 0 unspecified atom stereocenters. The van der Waals surface area contributed by atoms with E-state index in [1.165, 1.54) is 0 Å². The Hall–Kier alpha value is -4.91. The maximum absolute atomic E-state index is 11.6. The standard InChI is InChI=1S/C35H35NO6/c1-4-40-34(37)10-7-21-41-32-9-6-5-8-30(32)33-23-26-22-27(15-20-31(26)42-33)36-35(24-11-16-28(38-2)17-12-24)25-13-18-29(39-3)19-14-25/h5-6,8-9,11-20,22-23,35-36H,4,7,10,21H2,1-3H3. The average Bonchev–Trinajstić information content (AvgIpc) is 3.46. The van der Waals surface area contributed by atoms with Crippen molar-refractivity contribution in [3.05, 3.63) is 108 Å². The molecule has 216 valence electrons. The van der Waals surface area contributed by atoms with E-state index in [1.54, 1.807) is 21.1 Å². The van der Waals surface area contributed by atoms with Gasteiger partial charge in [-0.2, -0.15) is 0 Å². The number of fused-ring (bicyclic) bond motifs is 1. The van der Waals surface area contributed by atoms with E-state index in [0.29, 0.717) is 37.6 Å². The maximum atomic E-state index is 11.6. The van der Waals surface area contributed by atoms with Crippen LogP contribution < -0.4 is 19.5 Å². The fourth-order valence-corrected chi connectivity index (χ4v) is 4.81. The van der Waals surface area contributed by atoms with E-state index < -0.39 is 0 Å². The highest BCUT2D eigenvalue weighted by Crippen LogP contribution is 2.36. The number of methoxy groups -OCH3 is 2. The summed E-state index contributed by atoms with van der Waals surface area (Å²) in [5.41, 5.74) is 4.78. The maximum Gasteiger partial charge on any atom is 0.305 e. The van der Waals surface area contributed by atoms with Gasteiger partial charge in [-0.1, -0.05) is 36.4 Å². The summed E-state index contributed by atoms with van der Waals surface area (Å²) in [5, 5.41) is 4.67. The second-order valence-corrected chi connectivity index (χ2v) is 9.74. The van der Waals surface area contributed by atoms with Crippen molar-refractivity contribution in [2.75, 3.05) is 32.8 Å². The molecule has 4 aromatic carbocycles. The number of nitrogens with one attached hydrogen (secondary N) is 1. The van der Waals surface area contributed by atoms with Gasteiger partial charge in [0.1, 0.15) is 28.6 Å². The smallest absolute Gasteiger partial charge is 0.305 e. The van der Waals surface area contributed by atoms with E-state index in [-0.39, 0.29) is 12.0 Å². The lowest BCUT2D eigenvalue weighted by molar-refractivity contribution is -0.143. The molecule has 0 fully saturated rings. The van der Waals surface area contributed by atoms with E-state index in [0.717, 1.165) is 44.8 Å². The van der Waals surface area contributed by atoms with Gasteiger partial charge in [0, 0.05) is 17.5 Å². The minimum atomic E-state index is -0.211. The third-order valence-corrected chi connectivity index (χ3v) is 6.97. The zero-order chi connectivity index (χ0) is 29.3. The molecule has 0 bridgehead atoms. The van der Waals surface area contributed by atoms with E-state index in [9.17, 15) is 4.79 Å². The molecule has 42 heavy (non-hydrogen) atoms. The summed E-state index contributed by atoms with van der Waals surface area (Å²) in [6.07, 6.45) is 0.899. The zero-order valence-electron chi connectivity index (χ0n) is 24.1. The summed E-state index contributed by atoms with van der Waals surface area (Å²) in [4.78, 5) is 11.6. The Bertz CT molecular complexity index is 1560. The lowest BCUT2D eigenvalue weighted by atomic mass is 9.98. The minimum Gasteiger partial charge on any atom is -0.497 e. The summed E-state index contributed by atoms with van der Waals surface area (Å²) >= 11 is 0. The molecule has 1 heterocycles. The number of anilines is 1. The monoisotopic (exact) mass is 565 g/mol. The third-order valence-electron chi connectivity index (χ3n) is 6.97. The SMILES string of the molecule is CCOC(=O)CCCOc1ccccc1-c1cc2cc(NC(c3ccc(OC)cc3)c3ccc(OC)cc3)ccc2o1. The molecule has 5 rings (SSSR count). The molecular formula is C35H35NO6. The van der Waals surface area contributed by atoms with Crippen LogP contribution in [0.1, 0.15) is 36.9 Å². The van der Waals surface area contributed by atoms with Gasteiger partial charge < -0.3 is 28.7 Å². The molecule has 1 N–H and O–H groups in total. The second kappa shape index (κ2) is 13.6. The van der Waals surface area contributed by atoms with Crippen molar-refractivity contribution < 1.29 is 28.2 Å². The fraction of sp³-hybridized carbons (Fsp3) is 0.229. The van der Waals surface area contributed by atoms with Crippen molar-refractivity contribution in [2.24, 2.45) is 0 Å². The Labute approximate surface area is 246 Å². The highest BCUT2D eigenvalue weighted by atomic mass is 16.5. The Kier molecular flexibility index (Phi) is 9.29. The van der Waals surface area contributed by atoms with Crippen LogP contribution in [0.15, 0.2) is 101 Å². The molecule has 0 aliphatic heterocycles. The number of benzene rings is 4. The summed E-state index contributed by atoms with van der Waals surface area (Å²) in [7, 11) is 3.33. The van der Waals surface area contributed by atoms with Gasteiger partial charge in [0.15, 0.2) is 0 Å². The van der Waals surface area contributed by atoms with Crippen molar-refractivity contribution in [1.82, 2.24) is 0 Å². The number of para-hydroxylation sites is 1. The first-order valence-corrected chi connectivity index (χ1v) is 14.0. The predicted molar refractivity (Wildman–Crippen MR) is 164 cm³/mol. The van der Waals surface area contributed by atoms with Crippen LogP contribution in [0.2, 0.25) is 0 Å². The van der Waals surface area contributed by atoms with E-state index in [1.807, 2.05) is 66.7 Å². The number of carbonyl (C=O) groups is 1. The number of rotatable bonds is 13. The first kappa shape index (κ1) is 28.6. The van der Waals surface area contributed by atoms with Crippen LogP contribution in [0.4, 0.5) is 5.69 Å². The van der Waals surface area contributed by atoms with E-state index in [4.69, 9.17) is 23.4 Å². The molecule has 5 aromatic rings. The molecule has 0 aliphatic rings. The predicted octanol–water partition coefficient (Wildman–Crippen LogP) is 8.04. The molecule has 0 radical (unpaired) electrons. The second-order valence-electron chi connectivity index (χ2n) is 9.74. The van der Waals surface area contributed by atoms with E-state index >= 15 is 0 Å². The summed E-state index contributed by atoms with van der Waals surface area (Å²) < 4.78 is 28.0. The fourth-order valence-electron chi connectivity index (χ4n) is 4.81. The summed E-state index contributed by atoms with van der Waals surface area (Å²) in [6.45, 7) is 2.59. The molecule has 7 heteroatoms. The summed E-state index contributed by atoms with van der Waals surface area (Å²) in [6, 6.07) is 31.9. The van der Waals surface area contributed by atoms with Gasteiger partial charge in [-0.25, -0.2) is 0 Å². The first-order chi connectivity index (χ1) is 20.6. The summed E-state index contributed by atoms with van der Waals surface area (Å²) in [5.74, 6) is 2.82.